The molecule has 0 unspecified atom stereocenters. The van der Waals surface area contributed by atoms with Gasteiger partial charge in [-0.25, -0.2) is 5.10 Å². The summed E-state index contributed by atoms with van der Waals surface area (Å²) in [7, 11) is -0.758. The predicted octanol–water partition coefficient (Wildman–Crippen LogP) is 2.02. The van der Waals surface area contributed by atoms with Crippen molar-refractivity contribution in [2.75, 3.05) is 0 Å². The summed E-state index contributed by atoms with van der Waals surface area (Å²) in [6.07, 6.45) is 0. The van der Waals surface area contributed by atoms with E-state index in [1.165, 1.54) is 18.2 Å². The van der Waals surface area contributed by atoms with Crippen LogP contribution in [0, 0.1) is 0 Å². The van der Waals surface area contributed by atoms with Crippen molar-refractivity contribution in [2.24, 2.45) is 0 Å². The Bertz CT molecular complexity index is 1380. The van der Waals surface area contributed by atoms with Crippen molar-refractivity contribution in [2.45, 2.75) is 45.4 Å². The molecule has 0 saturated carbocycles. The fraction of sp³-hybridized carbons (Fsp3) is 0.304. The molecule has 0 bridgehead atoms. The largest absolute Gasteiger partial charge is 0.494 e. The molecule has 2 aromatic carbocycles. The maximum atomic E-state index is 13.0. The summed E-state index contributed by atoms with van der Waals surface area (Å²) in [6.45, 7) is 4.99. The van der Waals surface area contributed by atoms with E-state index >= 15 is 0 Å². The molecule has 0 spiro atoms. The van der Waals surface area contributed by atoms with E-state index in [1.807, 2.05) is 27.7 Å². The third-order valence-electron chi connectivity index (χ3n) is 6.35. The number of carbonyl (C=O) groups excluding carboxylic acids is 2. The van der Waals surface area contributed by atoms with Gasteiger partial charge in [0.15, 0.2) is 0 Å². The van der Waals surface area contributed by atoms with Gasteiger partial charge in [-0.15, -0.1) is 0 Å². The molecule has 2 aliphatic rings. The molecule has 0 radical (unpaired) electrons. The molecule has 1 fully saturated rings. The highest BCUT2D eigenvalue weighted by Crippen LogP contribution is 2.36. The van der Waals surface area contributed by atoms with E-state index in [4.69, 9.17) is 12.1 Å². The van der Waals surface area contributed by atoms with Gasteiger partial charge in [0.25, 0.3) is 17.4 Å². The van der Waals surface area contributed by atoms with E-state index in [0.29, 0.717) is 10.4 Å². The summed E-state index contributed by atoms with van der Waals surface area (Å²) in [5.41, 5.74) is -1.22. The Morgan fingerprint density at radius 3 is 2.16 bits per heavy atom. The summed E-state index contributed by atoms with van der Waals surface area (Å²) in [5, 5.41) is 6.53. The highest BCUT2D eigenvalue weighted by atomic mass is 16.7. The topological polar surface area (TPSA) is 102 Å². The smallest absolute Gasteiger partial charge is 0.399 e. The van der Waals surface area contributed by atoms with E-state index < -0.39 is 42.2 Å². The van der Waals surface area contributed by atoms with E-state index in [-0.39, 0.29) is 27.6 Å². The van der Waals surface area contributed by atoms with Crippen molar-refractivity contribution in [1.82, 2.24) is 15.1 Å². The number of amides is 2. The first-order valence-electron chi connectivity index (χ1n) is 11.2. The Morgan fingerprint density at radius 1 is 0.969 bits per heavy atom. The highest BCUT2D eigenvalue weighted by Gasteiger charge is 2.51. The number of H-pyrrole nitrogens is 1. The van der Waals surface area contributed by atoms with Crippen LogP contribution in [-0.4, -0.2) is 45.2 Å². The van der Waals surface area contributed by atoms with Crippen LogP contribution in [0.2, 0.25) is 0 Å². The Kier molecular flexibility index (Phi) is 3.92. The van der Waals surface area contributed by atoms with Crippen LogP contribution < -0.4 is 11.0 Å². The van der Waals surface area contributed by atoms with E-state index in [0.717, 1.165) is 0 Å². The predicted molar refractivity (Wildman–Crippen MR) is 119 cm³/mol. The number of aromatic nitrogens is 2. The maximum absolute atomic E-state index is 13.0. The lowest BCUT2D eigenvalue weighted by Crippen LogP contribution is -2.41. The van der Waals surface area contributed by atoms with Crippen LogP contribution in [0.25, 0.3) is 10.8 Å². The minimum Gasteiger partial charge on any atom is -0.399 e. The van der Waals surface area contributed by atoms with Crippen LogP contribution in [0.3, 0.4) is 0 Å². The molecule has 1 saturated heterocycles. The van der Waals surface area contributed by atoms with Gasteiger partial charge >= 0.3 is 7.12 Å². The number of aromatic amines is 1. The summed E-state index contributed by atoms with van der Waals surface area (Å²) in [4.78, 5) is 39.0. The van der Waals surface area contributed by atoms with E-state index in [2.05, 4.69) is 10.2 Å². The highest BCUT2D eigenvalue weighted by molar-refractivity contribution is 6.62. The maximum Gasteiger partial charge on any atom is 0.494 e. The quantitative estimate of drug-likeness (QED) is 0.501. The lowest BCUT2D eigenvalue weighted by Gasteiger charge is -2.32. The molecule has 2 aliphatic heterocycles. The van der Waals surface area contributed by atoms with Crippen molar-refractivity contribution < 1.29 is 21.6 Å². The molecular formula is C23H22BN3O5. The van der Waals surface area contributed by atoms with E-state index in [9.17, 15) is 14.4 Å². The zero-order chi connectivity index (χ0) is 24.6. The molecule has 9 heteroatoms. The SMILES string of the molecule is [2H]C([2H])(c1n[nH]c(=O)c2ccc(B3OC(C)(C)C(C)(C)O3)cc12)N1C(=O)c2ccccc2C1=O. The van der Waals surface area contributed by atoms with Gasteiger partial charge < -0.3 is 9.31 Å². The molecule has 0 aliphatic carbocycles. The first kappa shape index (κ1) is 18.3. The number of rotatable bonds is 3. The average molecular weight is 433 g/mol. The first-order chi connectivity index (χ1) is 15.8. The normalized spacial score (nSPS) is 20.5. The molecule has 162 valence electrons. The molecule has 1 N–H and O–H groups in total. The number of benzene rings is 2. The van der Waals surface area contributed by atoms with Gasteiger partial charge in [0.1, 0.15) is 0 Å². The van der Waals surface area contributed by atoms with Gasteiger partial charge in [0.05, 0.1) is 42.6 Å². The minimum absolute atomic E-state index is 0.114. The Morgan fingerprint density at radius 2 is 1.56 bits per heavy atom. The molecular weight excluding hydrogens is 409 g/mol. The summed E-state index contributed by atoms with van der Waals surface area (Å²) in [6, 6.07) is 10.9. The number of hydrogen-bond acceptors (Lipinski definition) is 6. The van der Waals surface area contributed by atoms with Crippen molar-refractivity contribution >= 4 is 35.2 Å². The van der Waals surface area contributed by atoms with Crippen LogP contribution >= 0.6 is 0 Å². The Labute approximate surface area is 187 Å². The van der Waals surface area contributed by atoms with Crippen molar-refractivity contribution in [3.8, 4) is 0 Å². The number of nitrogens with one attached hydrogen (secondary N) is 1. The van der Waals surface area contributed by atoms with Gasteiger partial charge in [-0.3, -0.25) is 19.3 Å². The summed E-state index contributed by atoms with van der Waals surface area (Å²) >= 11 is 0. The van der Waals surface area contributed by atoms with Crippen molar-refractivity contribution in [3.05, 3.63) is 69.6 Å². The number of carbonyl (C=O) groups is 2. The minimum atomic E-state index is -2.65. The number of nitrogens with zero attached hydrogens (tertiary/aromatic N) is 2. The van der Waals surface area contributed by atoms with Crippen LogP contribution in [0.15, 0.2) is 47.3 Å². The second-order valence-corrected chi connectivity index (χ2v) is 8.90. The third-order valence-corrected chi connectivity index (χ3v) is 6.35. The van der Waals surface area contributed by atoms with Crippen LogP contribution in [0.5, 0.6) is 0 Å². The first-order valence-corrected chi connectivity index (χ1v) is 10.2. The third kappa shape index (κ3) is 3.00. The molecule has 32 heavy (non-hydrogen) atoms. The molecule has 5 rings (SSSR count). The molecule has 0 atom stereocenters. The van der Waals surface area contributed by atoms with Gasteiger partial charge in [-0.2, -0.15) is 5.10 Å². The second kappa shape index (κ2) is 6.85. The van der Waals surface area contributed by atoms with E-state index in [1.54, 1.807) is 24.3 Å². The van der Waals surface area contributed by atoms with Crippen molar-refractivity contribution in [3.63, 3.8) is 0 Å². The van der Waals surface area contributed by atoms with Gasteiger partial charge in [-0.05, 0) is 51.4 Å². The molecule has 3 aromatic rings. The fourth-order valence-corrected chi connectivity index (χ4v) is 3.79. The monoisotopic (exact) mass is 433 g/mol. The molecule has 8 nitrogen and oxygen atoms in total. The average Bonchev–Trinajstić information content (AvgIpc) is 3.16. The van der Waals surface area contributed by atoms with Crippen LogP contribution in [0.4, 0.5) is 0 Å². The zero-order valence-corrected chi connectivity index (χ0v) is 18.1. The second-order valence-electron chi connectivity index (χ2n) is 8.90. The van der Waals surface area contributed by atoms with Gasteiger partial charge in [-0.1, -0.05) is 24.3 Å². The van der Waals surface area contributed by atoms with Crippen molar-refractivity contribution in [1.29, 1.82) is 0 Å². The zero-order valence-electron chi connectivity index (χ0n) is 20.1. The molecule has 2 amide bonds. The standard InChI is InChI=1S/C23H22BN3O5/c1-22(2)23(3,4)32-24(31-22)13-9-10-14-17(11-13)18(25-26-19(14)28)12-27-20(29)15-7-5-6-8-16(15)21(27)30/h5-11H,12H2,1-4H3,(H,26,28)/i12D2. The lowest BCUT2D eigenvalue weighted by molar-refractivity contribution is 0.00578. The molecule has 1 aromatic heterocycles. The lowest BCUT2D eigenvalue weighted by atomic mass is 9.78. The van der Waals surface area contributed by atoms with Gasteiger partial charge in [0.2, 0.25) is 0 Å². The fourth-order valence-electron chi connectivity index (χ4n) is 3.79. The van der Waals surface area contributed by atoms with Crippen LogP contribution in [-0.2, 0) is 15.8 Å². The number of imide groups is 1. The summed E-state index contributed by atoms with van der Waals surface area (Å²) < 4.78 is 29.7. The Hall–Kier alpha value is -3.30. The number of fused-ring (bicyclic) bond motifs is 2. The molecule has 3 heterocycles. The summed E-state index contributed by atoms with van der Waals surface area (Å²) in [5.74, 6) is -1.54. The van der Waals surface area contributed by atoms with Crippen LogP contribution in [0.1, 0.15) is 56.8 Å². The number of hydrogen-bond donors (Lipinski definition) is 1. The Balaban J connectivity index is 1.64. The van der Waals surface area contributed by atoms with Gasteiger partial charge in [0, 0.05) is 5.39 Å².